The van der Waals surface area contributed by atoms with E-state index in [1.165, 1.54) is 15.8 Å². The number of thiazole rings is 1. The maximum Gasteiger partial charge on any atom is 0.188 e. The number of benzene rings is 2. The van der Waals surface area contributed by atoms with Gasteiger partial charge in [-0.25, -0.2) is 4.98 Å². The Hall–Kier alpha value is -1.87. The Balaban J connectivity index is 1.98. The van der Waals surface area contributed by atoms with Crippen LogP contribution in [0.4, 0.5) is 10.8 Å². The van der Waals surface area contributed by atoms with E-state index in [2.05, 4.69) is 54.5 Å². The van der Waals surface area contributed by atoms with Gasteiger partial charge in [0, 0.05) is 5.69 Å². The van der Waals surface area contributed by atoms with E-state index in [0.29, 0.717) is 0 Å². The Morgan fingerprint density at radius 2 is 1.89 bits per heavy atom. The summed E-state index contributed by atoms with van der Waals surface area (Å²) >= 11 is 1.69. The van der Waals surface area contributed by atoms with E-state index in [1.807, 2.05) is 12.1 Å². The van der Waals surface area contributed by atoms with Crippen LogP contribution in [0.3, 0.4) is 0 Å². The molecule has 0 spiro atoms. The van der Waals surface area contributed by atoms with Crippen molar-refractivity contribution in [2.75, 3.05) is 5.32 Å². The van der Waals surface area contributed by atoms with Gasteiger partial charge in [-0.1, -0.05) is 35.6 Å². The average molecular weight is 254 g/mol. The maximum absolute atomic E-state index is 4.62. The van der Waals surface area contributed by atoms with Gasteiger partial charge in [0.2, 0.25) is 0 Å². The number of anilines is 2. The summed E-state index contributed by atoms with van der Waals surface area (Å²) in [7, 11) is 0. The highest BCUT2D eigenvalue weighted by Gasteiger charge is 2.05. The molecule has 90 valence electrons. The van der Waals surface area contributed by atoms with Gasteiger partial charge in [-0.2, -0.15) is 0 Å². The van der Waals surface area contributed by atoms with Crippen LogP contribution >= 0.6 is 11.3 Å². The monoisotopic (exact) mass is 254 g/mol. The van der Waals surface area contributed by atoms with Crippen molar-refractivity contribution in [3.8, 4) is 0 Å². The number of aryl methyl sites for hydroxylation is 2. The lowest BCUT2D eigenvalue weighted by molar-refractivity contribution is 1.39. The predicted molar refractivity (Wildman–Crippen MR) is 78.8 cm³/mol. The molecular weight excluding hydrogens is 240 g/mol. The van der Waals surface area contributed by atoms with Crippen molar-refractivity contribution in [3.05, 3.63) is 53.6 Å². The molecule has 2 aromatic carbocycles. The molecule has 0 atom stereocenters. The second kappa shape index (κ2) is 4.42. The minimum Gasteiger partial charge on any atom is -0.331 e. The number of hydrogen-bond donors (Lipinski definition) is 1. The van der Waals surface area contributed by atoms with E-state index in [1.54, 1.807) is 11.3 Å². The fraction of sp³-hybridized carbons (Fsp3) is 0.133. The Morgan fingerprint density at radius 3 is 2.72 bits per heavy atom. The average Bonchev–Trinajstić information content (AvgIpc) is 2.73. The van der Waals surface area contributed by atoms with Gasteiger partial charge in [-0.05, 0) is 43.2 Å². The van der Waals surface area contributed by atoms with Gasteiger partial charge in [-0.15, -0.1) is 0 Å². The normalized spacial score (nSPS) is 10.8. The second-order valence-electron chi connectivity index (χ2n) is 4.43. The van der Waals surface area contributed by atoms with E-state index >= 15 is 0 Å². The zero-order valence-corrected chi connectivity index (χ0v) is 11.2. The molecule has 0 amide bonds. The summed E-state index contributed by atoms with van der Waals surface area (Å²) in [6.07, 6.45) is 0. The van der Waals surface area contributed by atoms with Crippen LogP contribution in [-0.4, -0.2) is 4.98 Å². The lowest BCUT2D eigenvalue weighted by Crippen LogP contribution is -1.91. The molecular formula is C15H14N2S. The molecule has 1 N–H and O–H groups in total. The van der Waals surface area contributed by atoms with Crippen molar-refractivity contribution in [1.29, 1.82) is 0 Å². The van der Waals surface area contributed by atoms with Gasteiger partial charge in [0.15, 0.2) is 5.13 Å². The smallest absolute Gasteiger partial charge is 0.188 e. The summed E-state index contributed by atoms with van der Waals surface area (Å²) in [5.41, 5.74) is 4.66. The largest absolute Gasteiger partial charge is 0.331 e. The standard InChI is InChI=1S/C15H14N2S/c1-10-7-8-14-13(9-10)17-15(18-14)16-12-6-4-3-5-11(12)2/h3-9H,1-2H3,(H,16,17). The Morgan fingerprint density at radius 1 is 1.06 bits per heavy atom. The Labute approximate surface area is 110 Å². The minimum absolute atomic E-state index is 0.949. The number of fused-ring (bicyclic) bond motifs is 1. The summed E-state index contributed by atoms with van der Waals surface area (Å²) in [5.74, 6) is 0. The topological polar surface area (TPSA) is 24.9 Å². The van der Waals surface area contributed by atoms with Gasteiger partial charge < -0.3 is 5.32 Å². The number of nitrogens with one attached hydrogen (secondary N) is 1. The van der Waals surface area contributed by atoms with Crippen molar-refractivity contribution in [1.82, 2.24) is 4.98 Å². The van der Waals surface area contributed by atoms with Gasteiger partial charge in [0.05, 0.1) is 10.2 Å². The molecule has 3 rings (SSSR count). The third-order valence-electron chi connectivity index (χ3n) is 2.93. The first-order valence-corrected chi connectivity index (χ1v) is 6.74. The highest BCUT2D eigenvalue weighted by Crippen LogP contribution is 2.29. The van der Waals surface area contributed by atoms with Crippen LogP contribution in [0.5, 0.6) is 0 Å². The van der Waals surface area contributed by atoms with Crippen molar-refractivity contribution < 1.29 is 0 Å². The first kappa shape index (κ1) is 11.2. The van der Waals surface area contributed by atoms with Crippen LogP contribution in [0.15, 0.2) is 42.5 Å². The second-order valence-corrected chi connectivity index (χ2v) is 5.46. The van der Waals surface area contributed by atoms with Crippen LogP contribution in [0.2, 0.25) is 0 Å². The van der Waals surface area contributed by atoms with Crippen molar-refractivity contribution in [3.63, 3.8) is 0 Å². The molecule has 2 nitrogen and oxygen atoms in total. The maximum atomic E-state index is 4.62. The van der Waals surface area contributed by atoms with Gasteiger partial charge in [-0.3, -0.25) is 0 Å². The lowest BCUT2D eigenvalue weighted by atomic mass is 10.2. The van der Waals surface area contributed by atoms with Crippen LogP contribution in [0, 0.1) is 13.8 Å². The van der Waals surface area contributed by atoms with Gasteiger partial charge in [0.25, 0.3) is 0 Å². The zero-order chi connectivity index (χ0) is 12.5. The number of para-hydroxylation sites is 1. The first-order valence-electron chi connectivity index (χ1n) is 5.92. The third kappa shape index (κ3) is 2.09. The highest BCUT2D eigenvalue weighted by atomic mass is 32.1. The molecule has 0 aliphatic heterocycles. The molecule has 1 heterocycles. The molecule has 18 heavy (non-hydrogen) atoms. The summed E-state index contributed by atoms with van der Waals surface area (Å²) in [6.45, 7) is 4.19. The molecule has 0 fully saturated rings. The fourth-order valence-electron chi connectivity index (χ4n) is 1.92. The van der Waals surface area contributed by atoms with E-state index in [-0.39, 0.29) is 0 Å². The minimum atomic E-state index is 0.949. The molecule has 3 aromatic rings. The molecule has 0 aliphatic carbocycles. The number of hydrogen-bond acceptors (Lipinski definition) is 3. The molecule has 0 aliphatic rings. The molecule has 0 radical (unpaired) electrons. The summed E-state index contributed by atoms with van der Waals surface area (Å²) in [6, 6.07) is 14.6. The molecule has 3 heteroatoms. The fourth-order valence-corrected chi connectivity index (χ4v) is 2.78. The quantitative estimate of drug-likeness (QED) is 0.719. The molecule has 1 aromatic heterocycles. The third-order valence-corrected chi connectivity index (χ3v) is 3.88. The lowest BCUT2D eigenvalue weighted by Gasteiger charge is -2.05. The van der Waals surface area contributed by atoms with E-state index in [0.717, 1.165) is 16.3 Å². The van der Waals surface area contributed by atoms with Crippen LogP contribution < -0.4 is 5.32 Å². The summed E-state index contributed by atoms with van der Waals surface area (Å²) in [5, 5.41) is 4.34. The number of aromatic nitrogens is 1. The summed E-state index contributed by atoms with van der Waals surface area (Å²) < 4.78 is 1.22. The van der Waals surface area contributed by atoms with Crippen molar-refractivity contribution >= 4 is 32.4 Å². The molecule has 0 bridgehead atoms. The number of nitrogens with zero attached hydrogens (tertiary/aromatic N) is 1. The molecule has 0 unspecified atom stereocenters. The highest BCUT2D eigenvalue weighted by molar-refractivity contribution is 7.22. The summed E-state index contributed by atoms with van der Waals surface area (Å²) in [4.78, 5) is 4.62. The molecule has 0 saturated carbocycles. The van der Waals surface area contributed by atoms with E-state index in [4.69, 9.17) is 0 Å². The number of rotatable bonds is 2. The zero-order valence-electron chi connectivity index (χ0n) is 10.4. The Bertz CT molecular complexity index is 701. The Kier molecular flexibility index (Phi) is 2.76. The van der Waals surface area contributed by atoms with Gasteiger partial charge in [0.1, 0.15) is 0 Å². The van der Waals surface area contributed by atoms with E-state index < -0.39 is 0 Å². The molecule has 0 saturated heterocycles. The SMILES string of the molecule is Cc1ccc2sc(Nc3ccccc3C)nc2c1. The van der Waals surface area contributed by atoms with Crippen LogP contribution in [-0.2, 0) is 0 Å². The van der Waals surface area contributed by atoms with Crippen molar-refractivity contribution in [2.45, 2.75) is 13.8 Å². The van der Waals surface area contributed by atoms with Gasteiger partial charge >= 0.3 is 0 Å². The first-order chi connectivity index (χ1) is 8.72. The van der Waals surface area contributed by atoms with Crippen LogP contribution in [0.1, 0.15) is 11.1 Å². The van der Waals surface area contributed by atoms with E-state index in [9.17, 15) is 0 Å². The van der Waals surface area contributed by atoms with Crippen molar-refractivity contribution in [2.24, 2.45) is 0 Å². The predicted octanol–water partition coefficient (Wildman–Crippen LogP) is 4.66. The van der Waals surface area contributed by atoms with Crippen LogP contribution in [0.25, 0.3) is 10.2 Å².